The summed E-state index contributed by atoms with van der Waals surface area (Å²) in [5, 5.41) is 9.16. The van der Waals surface area contributed by atoms with Crippen molar-refractivity contribution in [2.24, 2.45) is 0 Å². The molecule has 33 heavy (non-hydrogen) atoms. The zero-order chi connectivity index (χ0) is 24.0. The van der Waals surface area contributed by atoms with Crippen molar-refractivity contribution < 1.29 is 19.1 Å². The molecule has 0 fully saturated rings. The van der Waals surface area contributed by atoms with Gasteiger partial charge in [-0.3, -0.25) is 9.69 Å². The van der Waals surface area contributed by atoms with Crippen molar-refractivity contribution in [3.63, 3.8) is 0 Å². The van der Waals surface area contributed by atoms with Crippen LogP contribution in [0.5, 0.6) is 0 Å². The van der Waals surface area contributed by atoms with Gasteiger partial charge in [-0.15, -0.1) is 0 Å². The van der Waals surface area contributed by atoms with Crippen LogP contribution in [-0.2, 0) is 14.3 Å². The molecule has 0 saturated carbocycles. The van der Waals surface area contributed by atoms with Crippen LogP contribution in [0.25, 0.3) is 0 Å². The number of benzene rings is 2. The van der Waals surface area contributed by atoms with Gasteiger partial charge < -0.3 is 20.7 Å². The van der Waals surface area contributed by atoms with E-state index < -0.39 is 18.0 Å². The van der Waals surface area contributed by atoms with Crippen LogP contribution in [0.2, 0.25) is 10.0 Å². The molecule has 3 rings (SSSR count). The monoisotopic (exact) mass is 490 g/mol. The molecule has 10 heteroatoms. The van der Waals surface area contributed by atoms with Crippen molar-refractivity contribution in [2.45, 2.75) is 13.0 Å². The lowest BCUT2D eigenvalue weighted by molar-refractivity contribution is -0.139. The predicted octanol–water partition coefficient (Wildman–Crippen LogP) is 3.74. The molecule has 1 aliphatic heterocycles. The third-order valence-corrected chi connectivity index (χ3v) is 5.42. The highest BCUT2D eigenvalue weighted by Crippen LogP contribution is 2.29. The largest absolute Gasteiger partial charge is 0.463 e. The highest BCUT2D eigenvalue weighted by molar-refractivity contribution is 6.33. The van der Waals surface area contributed by atoms with E-state index in [2.05, 4.69) is 16.0 Å². The van der Waals surface area contributed by atoms with Gasteiger partial charge >= 0.3 is 12.0 Å². The summed E-state index contributed by atoms with van der Waals surface area (Å²) < 4.78 is 5.25. The highest BCUT2D eigenvalue weighted by atomic mass is 35.5. The average Bonchev–Trinajstić information content (AvgIpc) is 2.75. The molecular weight excluding hydrogens is 467 g/mol. The Labute approximate surface area is 201 Å². The quantitative estimate of drug-likeness (QED) is 0.489. The normalized spacial score (nSPS) is 15.7. The van der Waals surface area contributed by atoms with E-state index in [1.807, 2.05) is 0 Å². The Hall–Kier alpha value is -3.07. The topological polar surface area (TPSA) is 99.8 Å². The van der Waals surface area contributed by atoms with Gasteiger partial charge in [0, 0.05) is 17.3 Å². The van der Waals surface area contributed by atoms with Crippen LogP contribution in [0.15, 0.2) is 59.8 Å². The maximum absolute atomic E-state index is 12.8. The summed E-state index contributed by atoms with van der Waals surface area (Å²) in [4.78, 5) is 39.4. The summed E-state index contributed by atoms with van der Waals surface area (Å²) in [7, 11) is 1.70. The van der Waals surface area contributed by atoms with Crippen molar-refractivity contribution in [1.82, 2.24) is 15.5 Å². The summed E-state index contributed by atoms with van der Waals surface area (Å²) in [5.74, 6) is -0.854. The molecular formula is C23H24Cl2N4O4. The van der Waals surface area contributed by atoms with Crippen LogP contribution in [0, 0.1) is 0 Å². The van der Waals surface area contributed by atoms with E-state index in [0.717, 1.165) is 0 Å². The van der Waals surface area contributed by atoms with Crippen molar-refractivity contribution in [2.75, 3.05) is 32.1 Å². The number of hydrogen-bond acceptors (Lipinski definition) is 5. The molecule has 3 amide bonds. The smallest absolute Gasteiger partial charge is 0.338 e. The molecule has 8 nitrogen and oxygen atoms in total. The van der Waals surface area contributed by atoms with E-state index in [4.69, 9.17) is 27.9 Å². The Morgan fingerprint density at radius 3 is 2.48 bits per heavy atom. The van der Waals surface area contributed by atoms with Crippen LogP contribution in [-0.4, -0.2) is 49.6 Å². The Balaban J connectivity index is 1.82. The number of likely N-dealkylation sites (N-methyl/N-ethyl adjacent to an activating group) is 1. The number of hydrogen-bond donors (Lipinski definition) is 3. The van der Waals surface area contributed by atoms with Crippen LogP contribution in [0.4, 0.5) is 10.5 Å². The molecule has 0 saturated heterocycles. The van der Waals surface area contributed by atoms with E-state index >= 15 is 0 Å². The molecule has 0 aromatic heterocycles. The molecule has 1 atom stereocenters. The van der Waals surface area contributed by atoms with E-state index in [1.165, 1.54) is 0 Å². The lowest BCUT2D eigenvalue weighted by atomic mass is 9.95. The van der Waals surface area contributed by atoms with Gasteiger partial charge in [-0.05, 0) is 43.8 Å². The van der Waals surface area contributed by atoms with Crippen molar-refractivity contribution in [3.8, 4) is 0 Å². The third kappa shape index (κ3) is 6.47. The van der Waals surface area contributed by atoms with E-state index in [0.29, 0.717) is 27.0 Å². The van der Waals surface area contributed by atoms with Gasteiger partial charge in [0.2, 0.25) is 5.91 Å². The number of rotatable bonds is 8. The number of para-hydroxylation sites is 1. The van der Waals surface area contributed by atoms with Crippen LogP contribution < -0.4 is 16.0 Å². The number of urea groups is 1. The lowest BCUT2D eigenvalue weighted by Crippen LogP contribution is -2.48. The number of ether oxygens (including phenoxy) is 1. The van der Waals surface area contributed by atoms with E-state index in [1.54, 1.807) is 67.4 Å². The Morgan fingerprint density at radius 2 is 1.82 bits per heavy atom. The molecule has 0 spiro atoms. The lowest BCUT2D eigenvalue weighted by Gasteiger charge is -2.31. The molecule has 1 unspecified atom stereocenters. The van der Waals surface area contributed by atoms with E-state index in [9.17, 15) is 14.4 Å². The van der Waals surface area contributed by atoms with Gasteiger partial charge in [-0.25, -0.2) is 9.59 Å². The number of nitrogens with zero attached hydrogens (tertiary/aromatic N) is 1. The average molecular weight is 491 g/mol. The van der Waals surface area contributed by atoms with Crippen LogP contribution >= 0.6 is 23.2 Å². The second-order valence-corrected chi connectivity index (χ2v) is 8.24. The fourth-order valence-electron chi connectivity index (χ4n) is 3.42. The first kappa shape index (κ1) is 24.6. The Morgan fingerprint density at radius 1 is 1.12 bits per heavy atom. The van der Waals surface area contributed by atoms with Gasteiger partial charge in [-0.2, -0.15) is 0 Å². The predicted molar refractivity (Wildman–Crippen MR) is 127 cm³/mol. The number of carbonyl (C=O) groups is 3. The van der Waals surface area contributed by atoms with Crippen LogP contribution in [0.3, 0.4) is 0 Å². The summed E-state index contributed by atoms with van der Waals surface area (Å²) in [6, 6.07) is 12.5. The molecule has 0 radical (unpaired) electrons. The standard InChI is InChI=1S/C23H24Cl2N4O4/c1-3-33-22(31)20-18(27-23(32)28-21(20)14-8-10-15(24)11-9-14)12-29(2)13-19(30)26-17-7-5-4-6-16(17)25/h4-11,21H,3,12-13H2,1-2H3,(H,26,30)(H2,27,28,32). The molecule has 2 aromatic carbocycles. The highest BCUT2D eigenvalue weighted by Gasteiger charge is 2.34. The fraction of sp³-hybridized carbons (Fsp3) is 0.261. The van der Waals surface area contributed by atoms with Crippen molar-refractivity contribution >= 4 is 46.8 Å². The molecule has 2 aromatic rings. The summed E-state index contributed by atoms with van der Waals surface area (Å²) in [5.41, 5.74) is 1.79. The summed E-state index contributed by atoms with van der Waals surface area (Å²) in [6.45, 7) is 2.00. The first-order valence-corrected chi connectivity index (χ1v) is 11.0. The summed E-state index contributed by atoms with van der Waals surface area (Å²) >= 11 is 12.1. The molecule has 1 aliphatic rings. The minimum Gasteiger partial charge on any atom is -0.463 e. The number of halogens is 2. The third-order valence-electron chi connectivity index (χ3n) is 4.84. The van der Waals surface area contributed by atoms with Crippen molar-refractivity contribution in [1.29, 1.82) is 0 Å². The van der Waals surface area contributed by atoms with E-state index in [-0.39, 0.29) is 31.2 Å². The molecule has 3 N–H and O–H groups in total. The number of amides is 3. The summed E-state index contributed by atoms with van der Waals surface area (Å²) in [6.07, 6.45) is 0. The Kier molecular flexibility index (Phi) is 8.32. The number of esters is 1. The van der Waals surface area contributed by atoms with Gasteiger partial charge in [0.25, 0.3) is 0 Å². The zero-order valence-corrected chi connectivity index (χ0v) is 19.7. The number of nitrogens with one attached hydrogen (secondary N) is 3. The zero-order valence-electron chi connectivity index (χ0n) is 18.2. The molecule has 0 aliphatic carbocycles. The molecule has 0 bridgehead atoms. The number of carbonyl (C=O) groups excluding carboxylic acids is 3. The number of anilines is 1. The molecule has 1 heterocycles. The maximum Gasteiger partial charge on any atom is 0.338 e. The molecule has 174 valence electrons. The van der Waals surface area contributed by atoms with Gasteiger partial charge in [0.05, 0.1) is 35.5 Å². The second-order valence-electron chi connectivity index (χ2n) is 7.40. The minimum atomic E-state index is -0.726. The SMILES string of the molecule is CCOC(=O)C1=C(CN(C)CC(=O)Nc2ccccc2Cl)NC(=O)NC1c1ccc(Cl)cc1. The van der Waals surface area contributed by atoms with Crippen molar-refractivity contribution in [3.05, 3.63) is 75.4 Å². The van der Waals surface area contributed by atoms with Gasteiger partial charge in [0.15, 0.2) is 0 Å². The van der Waals surface area contributed by atoms with Gasteiger partial charge in [-0.1, -0.05) is 47.5 Å². The van der Waals surface area contributed by atoms with Gasteiger partial charge in [0.1, 0.15) is 0 Å². The van der Waals surface area contributed by atoms with Crippen LogP contribution in [0.1, 0.15) is 18.5 Å². The Bertz CT molecular complexity index is 1070. The fourth-order valence-corrected chi connectivity index (χ4v) is 3.73. The first-order valence-electron chi connectivity index (χ1n) is 10.2. The maximum atomic E-state index is 12.8. The minimum absolute atomic E-state index is 0.000259. The second kappa shape index (κ2) is 11.2. The first-order chi connectivity index (χ1) is 15.8.